The summed E-state index contributed by atoms with van der Waals surface area (Å²) < 4.78 is 14.7. The standard InChI is InChI=1S/C15H17NO6/c1-20-13-4-2-11(10-12(13)17)3-5-14(18)21-8-6-16-7-9-22-15(16)19/h2-5,10,17H,6-9H2,1H3/b5-3+. The number of aromatic hydroxyl groups is 1. The van der Waals surface area contributed by atoms with E-state index in [0.717, 1.165) is 0 Å². The van der Waals surface area contributed by atoms with Gasteiger partial charge in [-0.15, -0.1) is 0 Å². The van der Waals surface area contributed by atoms with Crippen LogP contribution in [0.4, 0.5) is 4.79 Å². The van der Waals surface area contributed by atoms with Crippen LogP contribution in [0.25, 0.3) is 6.08 Å². The Hall–Kier alpha value is -2.70. The minimum Gasteiger partial charge on any atom is -0.504 e. The third-order valence-electron chi connectivity index (χ3n) is 3.07. The van der Waals surface area contributed by atoms with Crippen LogP contribution in [-0.2, 0) is 14.3 Å². The van der Waals surface area contributed by atoms with Crippen molar-refractivity contribution in [2.24, 2.45) is 0 Å². The predicted octanol–water partition coefficient (Wildman–Crippen LogP) is 1.41. The van der Waals surface area contributed by atoms with Crippen LogP contribution in [0.1, 0.15) is 5.56 Å². The third kappa shape index (κ3) is 4.15. The quantitative estimate of drug-likeness (QED) is 0.632. The lowest BCUT2D eigenvalue weighted by molar-refractivity contribution is -0.137. The van der Waals surface area contributed by atoms with Crippen LogP contribution in [0.5, 0.6) is 11.5 Å². The number of cyclic esters (lactones) is 1. The molecule has 0 bridgehead atoms. The van der Waals surface area contributed by atoms with E-state index >= 15 is 0 Å². The molecular formula is C15H17NO6. The van der Waals surface area contributed by atoms with Gasteiger partial charge in [-0.3, -0.25) is 0 Å². The average Bonchev–Trinajstić information content (AvgIpc) is 2.91. The molecule has 0 saturated carbocycles. The molecule has 2 rings (SSSR count). The molecular weight excluding hydrogens is 290 g/mol. The summed E-state index contributed by atoms with van der Waals surface area (Å²) in [6, 6.07) is 4.77. The van der Waals surface area contributed by atoms with E-state index in [2.05, 4.69) is 0 Å². The zero-order valence-electron chi connectivity index (χ0n) is 12.2. The molecule has 1 aromatic rings. The Labute approximate surface area is 127 Å². The monoisotopic (exact) mass is 307 g/mol. The largest absolute Gasteiger partial charge is 0.504 e. The van der Waals surface area contributed by atoms with Crippen molar-refractivity contribution in [3.05, 3.63) is 29.8 Å². The molecule has 0 atom stereocenters. The van der Waals surface area contributed by atoms with E-state index in [1.165, 1.54) is 30.2 Å². The van der Waals surface area contributed by atoms with Gasteiger partial charge < -0.3 is 24.2 Å². The van der Waals surface area contributed by atoms with Crippen molar-refractivity contribution in [3.8, 4) is 11.5 Å². The summed E-state index contributed by atoms with van der Waals surface area (Å²) in [5, 5.41) is 9.62. The number of phenolic OH excluding ortho intramolecular Hbond substituents is 1. The van der Waals surface area contributed by atoms with Crippen molar-refractivity contribution in [1.29, 1.82) is 0 Å². The van der Waals surface area contributed by atoms with Gasteiger partial charge in [0.1, 0.15) is 13.2 Å². The summed E-state index contributed by atoms with van der Waals surface area (Å²) in [5.74, 6) is -0.175. The van der Waals surface area contributed by atoms with E-state index in [9.17, 15) is 14.7 Å². The number of methoxy groups -OCH3 is 1. The van der Waals surface area contributed by atoms with Gasteiger partial charge in [0, 0.05) is 6.08 Å². The number of phenols is 1. The Bertz CT molecular complexity index is 583. The highest BCUT2D eigenvalue weighted by Crippen LogP contribution is 2.26. The molecule has 1 aromatic carbocycles. The van der Waals surface area contributed by atoms with E-state index < -0.39 is 5.97 Å². The molecule has 1 saturated heterocycles. The number of amides is 1. The number of benzene rings is 1. The minimum absolute atomic E-state index is 0.00874. The molecule has 118 valence electrons. The Kier molecular flexibility index (Phi) is 5.24. The molecule has 0 spiro atoms. The Balaban J connectivity index is 1.78. The van der Waals surface area contributed by atoms with Crippen LogP contribution < -0.4 is 4.74 Å². The van der Waals surface area contributed by atoms with Crippen LogP contribution in [0, 0.1) is 0 Å². The summed E-state index contributed by atoms with van der Waals surface area (Å²) in [7, 11) is 1.46. The fourth-order valence-corrected chi connectivity index (χ4v) is 1.91. The Morgan fingerprint density at radius 3 is 2.95 bits per heavy atom. The average molecular weight is 307 g/mol. The molecule has 0 aliphatic carbocycles. The van der Waals surface area contributed by atoms with Crippen LogP contribution in [0.15, 0.2) is 24.3 Å². The van der Waals surface area contributed by atoms with Gasteiger partial charge in [-0.25, -0.2) is 9.59 Å². The van der Waals surface area contributed by atoms with Crippen molar-refractivity contribution in [2.45, 2.75) is 0 Å². The normalized spacial score (nSPS) is 14.2. The zero-order valence-corrected chi connectivity index (χ0v) is 12.2. The molecule has 22 heavy (non-hydrogen) atoms. The van der Waals surface area contributed by atoms with Gasteiger partial charge in [-0.2, -0.15) is 0 Å². The van der Waals surface area contributed by atoms with Crippen molar-refractivity contribution in [1.82, 2.24) is 4.90 Å². The number of carbonyl (C=O) groups is 2. The van der Waals surface area contributed by atoms with Crippen molar-refractivity contribution in [2.75, 3.05) is 33.4 Å². The maximum atomic E-state index is 11.5. The van der Waals surface area contributed by atoms with Gasteiger partial charge in [-0.05, 0) is 23.8 Å². The number of nitrogens with zero attached hydrogens (tertiary/aromatic N) is 1. The molecule has 7 heteroatoms. The zero-order chi connectivity index (χ0) is 15.9. The maximum Gasteiger partial charge on any atom is 0.410 e. The number of esters is 1. The van der Waals surface area contributed by atoms with E-state index in [4.69, 9.17) is 14.2 Å². The third-order valence-corrected chi connectivity index (χ3v) is 3.07. The lowest BCUT2D eigenvalue weighted by Gasteiger charge is -2.11. The van der Waals surface area contributed by atoms with Crippen molar-refractivity contribution in [3.63, 3.8) is 0 Å². The minimum atomic E-state index is -0.525. The second-order valence-electron chi connectivity index (χ2n) is 4.53. The van der Waals surface area contributed by atoms with E-state index in [1.54, 1.807) is 12.1 Å². The van der Waals surface area contributed by atoms with Gasteiger partial charge >= 0.3 is 12.1 Å². The van der Waals surface area contributed by atoms with E-state index in [-0.39, 0.29) is 18.4 Å². The first-order valence-electron chi connectivity index (χ1n) is 6.73. The molecule has 1 heterocycles. The molecule has 0 aromatic heterocycles. The second kappa shape index (κ2) is 7.35. The molecule has 1 fully saturated rings. The van der Waals surface area contributed by atoms with E-state index in [0.29, 0.717) is 31.0 Å². The van der Waals surface area contributed by atoms with Gasteiger partial charge in [0.2, 0.25) is 0 Å². The molecule has 0 radical (unpaired) electrons. The highest BCUT2D eigenvalue weighted by Gasteiger charge is 2.21. The fraction of sp³-hybridized carbons (Fsp3) is 0.333. The fourth-order valence-electron chi connectivity index (χ4n) is 1.91. The Morgan fingerprint density at radius 2 is 2.32 bits per heavy atom. The highest BCUT2D eigenvalue weighted by atomic mass is 16.6. The van der Waals surface area contributed by atoms with Crippen LogP contribution >= 0.6 is 0 Å². The maximum absolute atomic E-state index is 11.5. The van der Waals surface area contributed by atoms with Gasteiger partial charge in [-0.1, -0.05) is 6.07 Å². The predicted molar refractivity (Wildman–Crippen MR) is 77.6 cm³/mol. The first-order chi connectivity index (χ1) is 10.6. The molecule has 1 aliphatic heterocycles. The molecule has 0 unspecified atom stereocenters. The summed E-state index contributed by atoms with van der Waals surface area (Å²) in [5.41, 5.74) is 0.637. The number of hydrogen-bond acceptors (Lipinski definition) is 6. The van der Waals surface area contributed by atoms with E-state index in [1.807, 2.05) is 0 Å². The highest BCUT2D eigenvalue weighted by molar-refractivity contribution is 5.87. The molecule has 1 aliphatic rings. The first-order valence-corrected chi connectivity index (χ1v) is 6.73. The van der Waals surface area contributed by atoms with Crippen LogP contribution in [0.2, 0.25) is 0 Å². The van der Waals surface area contributed by atoms with Gasteiger partial charge in [0.15, 0.2) is 11.5 Å². The Morgan fingerprint density at radius 1 is 1.50 bits per heavy atom. The van der Waals surface area contributed by atoms with Crippen molar-refractivity contribution >= 4 is 18.1 Å². The molecule has 7 nitrogen and oxygen atoms in total. The number of carbonyl (C=O) groups excluding carboxylic acids is 2. The van der Waals surface area contributed by atoms with Crippen LogP contribution in [0.3, 0.4) is 0 Å². The number of rotatable bonds is 6. The first kappa shape index (κ1) is 15.7. The lowest BCUT2D eigenvalue weighted by Crippen LogP contribution is -2.28. The van der Waals surface area contributed by atoms with Crippen LogP contribution in [-0.4, -0.2) is 55.5 Å². The smallest absolute Gasteiger partial charge is 0.410 e. The number of ether oxygens (including phenoxy) is 3. The molecule has 1 N–H and O–H groups in total. The number of hydrogen-bond donors (Lipinski definition) is 1. The SMILES string of the molecule is COc1ccc(/C=C/C(=O)OCCN2CCOC2=O)cc1O. The van der Waals surface area contributed by atoms with Gasteiger partial charge in [0.25, 0.3) is 0 Å². The summed E-state index contributed by atoms with van der Waals surface area (Å²) in [4.78, 5) is 24.2. The second-order valence-corrected chi connectivity index (χ2v) is 4.53. The van der Waals surface area contributed by atoms with Crippen molar-refractivity contribution < 1.29 is 28.9 Å². The summed E-state index contributed by atoms with van der Waals surface area (Å²) in [6.45, 7) is 1.29. The summed E-state index contributed by atoms with van der Waals surface area (Å²) in [6.07, 6.45) is 2.38. The summed E-state index contributed by atoms with van der Waals surface area (Å²) >= 11 is 0. The van der Waals surface area contributed by atoms with Gasteiger partial charge in [0.05, 0.1) is 20.2 Å². The molecule has 1 amide bonds. The topological polar surface area (TPSA) is 85.3 Å². The lowest BCUT2D eigenvalue weighted by atomic mass is 10.2.